The van der Waals surface area contributed by atoms with E-state index >= 15 is 0 Å². The fourth-order valence-corrected chi connectivity index (χ4v) is 1.46. The maximum atomic E-state index is 2.39. The topological polar surface area (TPSA) is 6.48 Å². The molecule has 0 aliphatic carbocycles. The lowest BCUT2D eigenvalue weighted by atomic mass is 10.3. The molecule has 0 spiro atoms. The van der Waals surface area contributed by atoms with Crippen molar-refractivity contribution in [3.05, 3.63) is 12.4 Å². The number of hydrogen-bond donors (Lipinski definition) is 0. The van der Waals surface area contributed by atoms with Gasteiger partial charge < -0.3 is 9.80 Å². The van der Waals surface area contributed by atoms with Gasteiger partial charge in [0.1, 0.15) is 0 Å². The Morgan fingerprint density at radius 1 is 1.00 bits per heavy atom. The zero-order valence-corrected chi connectivity index (χ0v) is 9.52. The third-order valence-corrected chi connectivity index (χ3v) is 2.16. The van der Waals surface area contributed by atoms with Gasteiger partial charge in [-0.05, 0) is 12.8 Å². The molecule has 0 aromatic carbocycles. The lowest BCUT2D eigenvalue weighted by Gasteiger charge is -2.20. The van der Waals surface area contributed by atoms with E-state index in [1.165, 1.54) is 32.4 Å². The second-order valence-electron chi connectivity index (χ2n) is 3.42. The van der Waals surface area contributed by atoms with Crippen molar-refractivity contribution in [2.24, 2.45) is 0 Å². The Hall–Kier alpha value is -0.370. The molecule has 3 heteroatoms. The van der Waals surface area contributed by atoms with Crippen molar-refractivity contribution in [3.63, 3.8) is 0 Å². The number of nitrogens with zero attached hydrogens (tertiary/aromatic N) is 2. The molecule has 1 aliphatic rings. The van der Waals surface area contributed by atoms with Crippen molar-refractivity contribution in [1.82, 2.24) is 9.80 Å². The first-order chi connectivity index (χ1) is 5.86. The molecule has 0 aromatic rings. The van der Waals surface area contributed by atoms with Gasteiger partial charge in [-0.2, -0.15) is 0 Å². The van der Waals surface area contributed by atoms with E-state index in [-0.39, 0.29) is 12.4 Å². The molecular weight excluding hydrogens is 184 g/mol. The van der Waals surface area contributed by atoms with Gasteiger partial charge in [0.15, 0.2) is 0 Å². The van der Waals surface area contributed by atoms with Gasteiger partial charge in [0, 0.05) is 25.5 Å². The van der Waals surface area contributed by atoms with Crippen LogP contribution in [0.3, 0.4) is 0 Å². The van der Waals surface area contributed by atoms with E-state index < -0.39 is 0 Å². The normalized spacial score (nSPS) is 14.9. The smallest absolute Gasteiger partial charge is 0.0893 e. The summed E-state index contributed by atoms with van der Waals surface area (Å²) in [5.74, 6) is 0. The van der Waals surface area contributed by atoms with E-state index in [4.69, 9.17) is 0 Å². The van der Waals surface area contributed by atoms with E-state index in [1.807, 2.05) is 0 Å². The summed E-state index contributed by atoms with van der Waals surface area (Å²) in [7, 11) is 0. The average molecular weight is 205 g/mol. The lowest BCUT2D eigenvalue weighted by Crippen LogP contribution is -2.26. The first-order valence-corrected chi connectivity index (χ1v) is 5.03. The number of hydrogen-bond acceptors (Lipinski definition) is 2. The molecule has 1 rings (SSSR count). The maximum Gasteiger partial charge on any atom is 0.0893 e. The monoisotopic (exact) mass is 204 g/mol. The minimum Gasteiger partial charge on any atom is -0.359 e. The Kier molecular flexibility index (Phi) is 6.87. The molecule has 0 saturated heterocycles. The fourth-order valence-electron chi connectivity index (χ4n) is 1.46. The molecule has 13 heavy (non-hydrogen) atoms. The van der Waals surface area contributed by atoms with Crippen LogP contribution in [0.15, 0.2) is 12.4 Å². The van der Waals surface area contributed by atoms with Crippen LogP contribution in [0.2, 0.25) is 0 Å². The summed E-state index contributed by atoms with van der Waals surface area (Å²) in [5, 5.41) is 0. The predicted molar refractivity (Wildman–Crippen MR) is 59.9 cm³/mol. The average Bonchev–Trinajstić information content (AvgIpc) is 2.50. The van der Waals surface area contributed by atoms with E-state index in [9.17, 15) is 0 Å². The van der Waals surface area contributed by atoms with Gasteiger partial charge >= 0.3 is 0 Å². The number of unbranched alkanes of at least 4 members (excludes halogenated alkanes) is 1. The number of rotatable bonds is 5. The molecule has 0 atom stereocenters. The molecule has 0 fully saturated rings. The van der Waals surface area contributed by atoms with E-state index in [0.717, 1.165) is 6.67 Å². The third kappa shape index (κ3) is 4.41. The Labute approximate surface area is 88.0 Å². The molecule has 78 valence electrons. The van der Waals surface area contributed by atoms with Crippen molar-refractivity contribution in [3.8, 4) is 0 Å². The Bertz CT molecular complexity index is 148. The van der Waals surface area contributed by atoms with Gasteiger partial charge in [-0.15, -0.1) is 12.4 Å². The first kappa shape index (κ1) is 12.6. The zero-order chi connectivity index (χ0) is 8.81. The van der Waals surface area contributed by atoms with E-state index in [1.54, 1.807) is 0 Å². The molecule has 0 radical (unpaired) electrons. The maximum absolute atomic E-state index is 2.39. The Balaban J connectivity index is 0.00000144. The fraction of sp³-hybridized carbons (Fsp3) is 0.800. The van der Waals surface area contributed by atoms with Crippen LogP contribution in [0.4, 0.5) is 0 Å². The van der Waals surface area contributed by atoms with E-state index in [2.05, 4.69) is 36.0 Å². The molecule has 0 N–H and O–H groups in total. The summed E-state index contributed by atoms with van der Waals surface area (Å²) < 4.78 is 0. The van der Waals surface area contributed by atoms with Crippen molar-refractivity contribution < 1.29 is 0 Å². The summed E-state index contributed by atoms with van der Waals surface area (Å²) in [6, 6.07) is 0. The van der Waals surface area contributed by atoms with Crippen LogP contribution >= 0.6 is 12.4 Å². The van der Waals surface area contributed by atoms with Crippen LogP contribution in [0.25, 0.3) is 0 Å². The largest absolute Gasteiger partial charge is 0.359 e. The van der Waals surface area contributed by atoms with Crippen molar-refractivity contribution in [1.29, 1.82) is 0 Å². The summed E-state index contributed by atoms with van der Waals surface area (Å²) >= 11 is 0. The Morgan fingerprint density at radius 2 is 1.62 bits per heavy atom. The lowest BCUT2D eigenvalue weighted by molar-refractivity contribution is 0.263. The van der Waals surface area contributed by atoms with Crippen molar-refractivity contribution in [2.45, 2.75) is 33.1 Å². The molecule has 1 aliphatic heterocycles. The molecule has 2 nitrogen and oxygen atoms in total. The second-order valence-corrected chi connectivity index (χ2v) is 3.42. The molecule has 0 amide bonds. The highest BCUT2D eigenvalue weighted by atomic mass is 35.5. The molecule has 0 saturated carbocycles. The summed E-state index contributed by atoms with van der Waals surface area (Å²) in [6.07, 6.45) is 8.26. The van der Waals surface area contributed by atoms with Crippen molar-refractivity contribution >= 4 is 12.4 Å². The summed E-state index contributed by atoms with van der Waals surface area (Å²) in [5.41, 5.74) is 0. The summed E-state index contributed by atoms with van der Waals surface area (Å²) in [6.45, 7) is 7.98. The minimum absolute atomic E-state index is 0. The van der Waals surface area contributed by atoms with Crippen LogP contribution < -0.4 is 0 Å². The Morgan fingerprint density at radius 3 is 2.15 bits per heavy atom. The van der Waals surface area contributed by atoms with Gasteiger partial charge in [-0.1, -0.05) is 20.3 Å². The first-order valence-electron chi connectivity index (χ1n) is 5.03. The number of halogens is 1. The molecule has 0 bridgehead atoms. The quantitative estimate of drug-likeness (QED) is 0.680. The van der Waals surface area contributed by atoms with Gasteiger partial charge in [-0.3, -0.25) is 0 Å². The zero-order valence-electron chi connectivity index (χ0n) is 8.70. The highest BCUT2D eigenvalue weighted by Crippen LogP contribution is 2.07. The van der Waals surface area contributed by atoms with Crippen molar-refractivity contribution in [2.75, 3.05) is 19.8 Å². The molecule has 0 aromatic heterocycles. The van der Waals surface area contributed by atoms with Gasteiger partial charge in [0.05, 0.1) is 6.67 Å². The van der Waals surface area contributed by atoms with Gasteiger partial charge in [0.2, 0.25) is 0 Å². The second kappa shape index (κ2) is 7.07. The van der Waals surface area contributed by atoms with Crippen LogP contribution in [0, 0.1) is 0 Å². The highest BCUT2D eigenvalue weighted by molar-refractivity contribution is 5.85. The SMILES string of the molecule is CCCCN1C=CN(CCC)C1.Cl. The third-order valence-electron chi connectivity index (χ3n) is 2.16. The van der Waals surface area contributed by atoms with Crippen LogP contribution in [0.5, 0.6) is 0 Å². The predicted octanol–water partition coefficient (Wildman–Crippen LogP) is 2.66. The highest BCUT2D eigenvalue weighted by Gasteiger charge is 2.09. The van der Waals surface area contributed by atoms with Gasteiger partial charge in [0.25, 0.3) is 0 Å². The van der Waals surface area contributed by atoms with Crippen LogP contribution in [0.1, 0.15) is 33.1 Å². The molecule has 0 unspecified atom stereocenters. The molecular formula is C10H21ClN2. The minimum atomic E-state index is 0. The van der Waals surface area contributed by atoms with Crippen LogP contribution in [-0.4, -0.2) is 29.6 Å². The summed E-state index contributed by atoms with van der Waals surface area (Å²) in [4.78, 5) is 4.76. The van der Waals surface area contributed by atoms with Gasteiger partial charge in [-0.25, -0.2) is 0 Å². The van der Waals surface area contributed by atoms with Crippen LogP contribution in [-0.2, 0) is 0 Å². The molecule has 1 heterocycles. The standard InChI is InChI=1S/C10H20N2.ClH/c1-3-5-7-12-9-8-11(10-12)6-4-2;/h8-9H,3-7,10H2,1-2H3;1H. The van der Waals surface area contributed by atoms with E-state index in [0.29, 0.717) is 0 Å².